The van der Waals surface area contributed by atoms with Gasteiger partial charge < -0.3 is 24.8 Å². The first-order valence-corrected chi connectivity index (χ1v) is 11.6. The number of nitrogens with one attached hydrogen (secondary N) is 2. The number of carbonyl (C=O) groups is 3. The van der Waals surface area contributed by atoms with Gasteiger partial charge in [-0.2, -0.15) is 4.31 Å². The van der Waals surface area contributed by atoms with Crippen LogP contribution in [-0.4, -0.2) is 76.3 Å². The Balaban J connectivity index is 1.82. The lowest BCUT2D eigenvalue weighted by atomic mass is 10.0. The van der Waals surface area contributed by atoms with E-state index in [1.807, 2.05) is 0 Å². The van der Waals surface area contributed by atoms with Crippen molar-refractivity contribution in [1.82, 2.24) is 14.9 Å². The largest absolute Gasteiger partial charge is 0.463 e. The Labute approximate surface area is 189 Å². The summed E-state index contributed by atoms with van der Waals surface area (Å²) in [5, 5.41) is 4.87. The number of urea groups is 1. The molecule has 1 saturated heterocycles. The van der Waals surface area contributed by atoms with Crippen molar-refractivity contribution < 1.29 is 41.4 Å². The third-order valence-electron chi connectivity index (χ3n) is 4.98. The lowest BCUT2D eigenvalue weighted by Crippen LogP contribution is -2.50. The molecule has 2 amide bonds. The third kappa shape index (κ3) is 5.49. The molecule has 2 heterocycles. The van der Waals surface area contributed by atoms with Crippen LogP contribution in [-0.2, 0) is 29.0 Å². The third-order valence-corrected chi connectivity index (χ3v) is 6.87. The zero-order valence-electron chi connectivity index (χ0n) is 18.1. The van der Waals surface area contributed by atoms with Gasteiger partial charge in [-0.15, -0.1) is 0 Å². The van der Waals surface area contributed by atoms with E-state index in [4.69, 9.17) is 14.2 Å². The van der Waals surface area contributed by atoms with Crippen molar-refractivity contribution in [1.29, 1.82) is 0 Å². The van der Waals surface area contributed by atoms with Crippen LogP contribution in [0.1, 0.15) is 24.2 Å². The molecule has 0 aromatic heterocycles. The minimum absolute atomic E-state index is 0.0180. The molecule has 3 rings (SSSR count). The van der Waals surface area contributed by atoms with Crippen molar-refractivity contribution in [2.75, 3.05) is 39.5 Å². The van der Waals surface area contributed by atoms with E-state index in [0.29, 0.717) is 0 Å². The van der Waals surface area contributed by atoms with Crippen LogP contribution in [0.3, 0.4) is 0 Å². The fourth-order valence-corrected chi connectivity index (χ4v) is 4.80. The monoisotopic (exact) mass is 485 g/mol. The lowest BCUT2D eigenvalue weighted by molar-refractivity contribution is -0.139. The maximum absolute atomic E-state index is 14.4. The molecule has 180 valence electrons. The molecular weight excluding hydrogens is 461 g/mol. The van der Waals surface area contributed by atoms with Gasteiger partial charge in [0.25, 0.3) is 0 Å². The highest BCUT2D eigenvalue weighted by atomic mass is 32.2. The standard InChI is InChI=1S/C20H24FN3O8S/c1-3-31-19(26)17-12(2)22-20(27)23-16(17)11-32-18(25)14-10-13(4-5-15(14)21)33(28,29)24-6-8-30-9-7-24/h4-5,10,12H,3,6-9,11H2,1-2H3,(H2,22,23,27)/t12-/m1/s1. The number of halogens is 1. The van der Waals surface area contributed by atoms with Crippen LogP contribution in [0.2, 0.25) is 0 Å². The summed E-state index contributed by atoms with van der Waals surface area (Å²) in [5.74, 6) is -2.86. The second-order valence-electron chi connectivity index (χ2n) is 7.17. The highest BCUT2D eigenvalue weighted by Crippen LogP contribution is 2.21. The van der Waals surface area contributed by atoms with Crippen LogP contribution < -0.4 is 10.6 Å². The van der Waals surface area contributed by atoms with E-state index in [1.165, 1.54) is 4.31 Å². The van der Waals surface area contributed by atoms with Gasteiger partial charge in [-0.05, 0) is 32.0 Å². The van der Waals surface area contributed by atoms with Crippen molar-refractivity contribution in [2.45, 2.75) is 24.8 Å². The first-order valence-electron chi connectivity index (χ1n) is 10.2. The van der Waals surface area contributed by atoms with Crippen LogP contribution in [0.15, 0.2) is 34.4 Å². The number of hydrogen-bond donors (Lipinski definition) is 2. The van der Waals surface area contributed by atoms with E-state index >= 15 is 0 Å². The predicted octanol–water partition coefficient (Wildman–Crippen LogP) is 0.522. The molecule has 11 nitrogen and oxygen atoms in total. The van der Waals surface area contributed by atoms with Crippen molar-refractivity contribution in [2.24, 2.45) is 0 Å². The Bertz CT molecular complexity index is 1080. The van der Waals surface area contributed by atoms with Crippen LogP contribution in [0.25, 0.3) is 0 Å². The highest BCUT2D eigenvalue weighted by Gasteiger charge is 2.31. The summed E-state index contributed by atoms with van der Waals surface area (Å²) in [6, 6.07) is 1.48. The Kier molecular flexibility index (Phi) is 7.66. The molecule has 0 unspecified atom stereocenters. The fourth-order valence-electron chi connectivity index (χ4n) is 3.37. The second kappa shape index (κ2) is 10.3. The number of benzene rings is 1. The number of amides is 2. The highest BCUT2D eigenvalue weighted by molar-refractivity contribution is 7.89. The number of rotatable bonds is 7. The smallest absolute Gasteiger partial charge is 0.341 e. The van der Waals surface area contributed by atoms with Crippen molar-refractivity contribution in [3.63, 3.8) is 0 Å². The molecule has 0 spiro atoms. The van der Waals surface area contributed by atoms with Gasteiger partial charge in [0.1, 0.15) is 12.4 Å². The number of sulfonamides is 1. The number of nitrogens with zero attached hydrogens (tertiary/aromatic N) is 1. The minimum atomic E-state index is -3.97. The minimum Gasteiger partial charge on any atom is -0.463 e. The van der Waals surface area contributed by atoms with E-state index in [9.17, 15) is 27.2 Å². The predicted molar refractivity (Wildman–Crippen MR) is 111 cm³/mol. The quantitative estimate of drug-likeness (QED) is 0.533. The summed E-state index contributed by atoms with van der Waals surface area (Å²) in [6.45, 7) is 3.41. The van der Waals surface area contributed by atoms with Gasteiger partial charge in [-0.1, -0.05) is 0 Å². The molecule has 2 aliphatic heterocycles. The van der Waals surface area contributed by atoms with Crippen molar-refractivity contribution in [3.8, 4) is 0 Å². The maximum Gasteiger partial charge on any atom is 0.341 e. The lowest BCUT2D eigenvalue weighted by Gasteiger charge is -2.26. The summed E-state index contributed by atoms with van der Waals surface area (Å²) in [6.07, 6.45) is 0. The van der Waals surface area contributed by atoms with Crippen LogP contribution in [0.5, 0.6) is 0 Å². The van der Waals surface area contributed by atoms with E-state index in [-0.39, 0.29) is 49.1 Å². The van der Waals surface area contributed by atoms with E-state index < -0.39 is 52.0 Å². The number of hydrogen-bond acceptors (Lipinski definition) is 8. The first-order chi connectivity index (χ1) is 15.6. The van der Waals surface area contributed by atoms with Gasteiger partial charge in [0.2, 0.25) is 10.0 Å². The SMILES string of the molecule is CCOC(=O)C1=C(COC(=O)c2cc(S(=O)(=O)N3CCOCC3)ccc2F)NC(=O)N[C@@H]1C. The number of carbonyl (C=O) groups excluding carboxylic acids is 3. The molecule has 0 bridgehead atoms. The first kappa shape index (κ1) is 24.6. The normalized spacial score (nSPS) is 19.5. The van der Waals surface area contributed by atoms with Gasteiger partial charge in [-0.25, -0.2) is 27.2 Å². The molecule has 2 aliphatic rings. The summed E-state index contributed by atoms with van der Waals surface area (Å²) in [4.78, 5) is 36.3. The van der Waals surface area contributed by atoms with Crippen molar-refractivity contribution in [3.05, 3.63) is 40.8 Å². The Morgan fingerprint density at radius 1 is 1.21 bits per heavy atom. The summed E-state index contributed by atoms with van der Waals surface area (Å²) < 4.78 is 56.4. The Morgan fingerprint density at radius 2 is 1.91 bits per heavy atom. The van der Waals surface area contributed by atoms with Gasteiger partial charge in [0.05, 0.1) is 47.6 Å². The van der Waals surface area contributed by atoms with Crippen molar-refractivity contribution >= 4 is 28.0 Å². The number of esters is 2. The maximum atomic E-state index is 14.4. The molecule has 0 radical (unpaired) electrons. The van der Waals surface area contributed by atoms with E-state index in [2.05, 4.69) is 10.6 Å². The van der Waals surface area contributed by atoms with Gasteiger partial charge in [-0.3, -0.25) is 0 Å². The van der Waals surface area contributed by atoms with Crippen LogP contribution in [0.4, 0.5) is 9.18 Å². The Hall–Kier alpha value is -3.03. The molecular formula is C20H24FN3O8S. The fraction of sp³-hybridized carbons (Fsp3) is 0.450. The van der Waals surface area contributed by atoms with Gasteiger partial charge in [0, 0.05) is 13.1 Å². The molecule has 33 heavy (non-hydrogen) atoms. The summed E-state index contributed by atoms with van der Waals surface area (Å²) in [7, 11) is -3.97. The molecule has 0 saturated carbocycles. The molecule has 13 heteroatoms. The molecule has 0 aliphatic carbocycles. The summed E-state index contributed by atoms with van der Waals surface area (Å²) >= 11 is 0. The molecule has 1 fully saturated rings. The number of morpholine rings is 1. The average molecular weight is 485 g/mol. The zero-order valence-corrected chi connectivity index (χ0v) is 18.9. The number of ether oxygens (including phenoxy) is 3. The molecule has 1 aromatic rings. The molecule has 1 aromatic carbocycles. The van der Waals surface area contributed by atoms with Gasteiger partial charge >= 0.3 is 18.0 Å². The average Bonchev–Trinajstić information content (AvgIpc) is 2.78. The van der Waals surface area contributed by atoms with E-state index in [0.717, 1.165) is 18.2 Å². The second-order valence-corrected chi connectivity index (χ2v) is 9.11. The Morgan fingerprint density at radius 3 is 2.58 bits per heavy atom. The van der Waals surface area contributed by atoms with Gasteiger partial charge in [0.15, 0.2) is 0 Å². The zero-order chi connectivity index (χ0) is 24.2. The molecule has 1 atom stereocenters. The molecule has 2 N–H and O–H groups in total. The van der Waals surface area contributed by atoms with Crippen LogP contribution >= 0.6 is 0 Å². The summed E-state index contributed by atoms with van der Waals surface area (Å²) in [5.41, 5.74) is -0.570. The van der Waals surface area contributed by atoms with E-state index in [1.54, 1.807) is 13.8 Å². The van der Waals surface area contributed by atoms with Crippen LogP contribution in [0, 0.1) is 5.82 Å². The topological polar surface area (TPSA) is 140 Å².